The number of hydrogen-bond donors (Lipinski definition) is 3. The Kier molecular flexibility index (Phi) is 3.12. The molecular weight excluding hydrogens is 222 g/mol. The molecule has 0 radical (unpaired) electrons. The third-order valence-corrected chi connectivity index (χ3v) is 2.13. The van der Waals surface area contributed by atoms with E-state index in [0.717, 1.165) is 0 Å². The first-order valence-corrected chi connectivity index (χ1v) is 5.21. The highest BCUT2D eigenvalue weighted by atomic mass is 16.2. The standard InChI is InChI=1S/C9H13N7O/c1-5(2)7-13-8(16-15-7)9(17)10-3-6-11-4-12-14-6/h4-5H,3H2,1-2H3,(H,10,17)(H,11,12,14)(H,13,15,16). The maximum absolute atomic E-state index is 11.7. The monoisotopic (exact) mass is 235 g/mol. The summed E-state index contributed by atoms with van der Waals surface area (Å²) in [5, 5.41) is 15.5. The smallest absolute Gasteiger partial charge is 0.291 e. The highest BCUT2D eigenvalue weighted by molar-refractivity contribution is 5.90. The lowest BCUT2D eigenvalue weighted by Gasteiger charge is -1.98. The van der Waals surface area contributed by atoms with Crippen molar-refractivity contribution >= 4 is 5.91 Å². The molecule has 1 amide bonds. The number of rotatable bonds is 4. The van der Waals surface area contributed by atoms with E-state index in [1.54, 1.807) is 0 Å². The van der Waals surface area contributed by atoms with E-state index in [9.17, 15) is 4.79 Å². The van der Waals surface area contributed by atoms with E-state index in [1.165, 1.54) is 6.33 Å². The van der Waals surface area contributed by atoms with Crippen LogP contribution in [-0.4, -0.2) is 36.3 Å². The summed E-state index contributed by atoms with van der Waals surface area (Å²) in [5.41, 5.74) is 0. The lowest BCUT2D eigenvalue weighted by atomic mass is 10.2. The first-order valence-electron chi connectivity index (χ1n) is 5.21. The first-order chi connectivity index (χ1) is 8.16. The SMILES string of the molecule is CC(C)c1nc(C(=O)NCc2ncn[nH]2)n[nH]1. The molecule has 2 aromatic rings. The second-order valence-corrected chi connectivity index (χ2v) is 3.81. The molecule has 0 aliphatic rings. The molecule has 0 atom stereocenters. The molecule has 0 aliphatic carbocycles. The van der Waals surface area contributed by atoms with E-state index in [0.29, 0.717) is 11.6 Å². The van der Waals surface area contributed by atoms with Gasteiger partial charge in [0.05, 0.1) is 6.54 Å². The topological polar surface area (TPSA) is 112 Å². The van der Waals surface area contributed by atoms with Gasteiger partial charge in [-0.3, -0.25) is 15.0 Å². The summed E-state index contributed by atoms with van der Waals surface area (Å²) in [7, 11) is 0. The van der Waals surface area contributed by atoms with E-state index in [-0.39, 0.29) is 24.2 Å². The first kappa shape index (κ1) is 11.2. The Morgan fingerprint density at radius 3 is 2.88 bits per heavy atom. The molecule has 90 valence electrons. The zero-order valence-corrected chi connectivity index (χ0v) is 9.56. The highest BCUT2D eigenvalue weighted by Crippen LogP contribution is 2.07. The maximum atomic E-state index is 11.7. The van der Waals surface area contributed by atoms with Gasteiger partial charge in [0.2, 0.25) is 5.82 Å². The minimum Gasteiger partial charge on any atom is -0.342 e. The van der Waals surface area contributed by atoms with E-state index in [2.05, 4.69) is 35.7 Å². The average molecular weight is 235 g/mol. The van der Waals surface area contributed by atoms with Crippen LogP contribution in [0.5, 0.6) is 0 Å². The van der Waals surface area contributed by atoms with Gasteiger partial charge in [0.15, 0.2) is 0 Å². The van der Waals surface area contributed by atoms with Crippen molar-refractivity contribution < 1.29 is 4.79 Å². The minimum absolute atomic E-state index is 0.133. The molecule has 0 fully saturated rings. The number of H-pyrrole nitrogens is 2. The number of carbonyl (C=O) groups excluding carboxylic acids is 1. The Labute approximate surface area is 97.3 Å². The Hall–Kier alpha value is -2.25. The Morgan fingerprint density at radius 2 is 2.29 bits per heavy atom. The van der Waals surface area contributed by atoms with Gasteiger partial charge in [0, 0.05) is 5.92 Å². The molecule has 0 aliphatic heterocycles. The molecular formula is C9H13N7O. The summed E-state index contributed by atoms with van der Waals surface area (Å²) in [6.07, 6.45) is 1.38. The number of amides is 1. The van der Waals surface area contributed by atoms with Gasteiger partial charge < -0.3 is 5.32 Å². The third-order valence-electron chi connectivity index (χ3n) is 2.13. The van der Waals surface area contributed by atoms with Crippen LogP contribution in [0.4, 0.5) is 0 Å². The van der Waals surface area contributed by atoms with Crippen molar-refractivity contribution in [3.05, 3.63) is 23.8 Å². The Balaban J connectivity index is 1.95. The predicted octanol–water partition coefficient (Wildman–Crippen LogP) is -0.0238. The molecule has 8 heteroatoms. The van der Waals surface area contributed by atoms with Gasteiger partial charge in [0.25, 0.3) is 5.91 Å². The van der Waals surface area contributed by atoms with Crippen LogP contribution in [0.25, 0.3) is 0 Å². The van der Waals surface area contributed by atoms with Crippen LogP contribution in [0.3, 0.4) is 0 Å². The van der Waals surface area contributed by atoms with E-state index in [1.807, 2.05) is 13.8 Å². The predicted molar refractivity (Wildman–Crippen MR) is 58.0 cm³/mol. The van der Waals surface area contributed by atoms with Crippen LogP contribution in [0, 0.1) is 0 Å². The fraction of sp³-hybridized carbons (Fsp3) is 0.444. The average Bonchev–Trinajstić information content (AvgIpc) is 2.96. The number of nitrogens with one attached hydrogen (secondary N) is 3. The van der Waals surface area contributed by atoms with Crippen LogP contribution >= 0.6 is 0 Å². The van der Waals surface area contributed by atoms with Gasteiger partial charge in [-0.25, -0.2) is 9.97 Å². The molecule has 2 rings (SSSR count). The summed E-state index contributed by atoms with van der Waals surface area (Å²) in [6, 6.07) is 0. The van der Waals surface area contributed by atoms with E-state index in [4.69, 9.17) is 0 Å². The van der Waals surface area contributed by atoms with Crippen molar-refractivity contribution in [1.82, 2.24) is 35.7 Å². The molecule has 0 saturated carbocycles. The molecule has 3 N–H and O–H groups in total. The summed E-state index contributed by atoms with van der Waals surface area (Å²) in [5.74, 6) is 1.27. The van der Waals surface area contributed by atoms with Gasteiger partial charge in [-0.05, 0) is 0 Å². The molecule has 2 aromatic heterocycles. The van der Waals surface area contributed by atoms with Gasteiger partial charge >= 0.3 is 0 Å². The number of hydrogen-bond acceptors (Lipinski definition) is 5. The molecule has 2 heterocycles. The van der Waals surface area contributed by atoms with Crippen LogP contribution < -0.4 is 5.32 Å². The Bertz CT molecular complexity index is 487. The molecule has 0 spiro atoms. The van der Waals surface area contributed by atoms with Crippen LogP contribution in [-0.2, 0) is 6.54 Å². The lowest BCUT2D eigenvalue weighted by molar-refractivity contribution is 0.0940. The molecule has 0 aromatic carbocycles. The van der Waals surface area contributed by atoms with Crippen LogP contribution in [0.15, 0.2) is 6.33 Å². The molecule has 0 unspecified atom stereocenters. The van der Waals surface area contributed by atoms with Crippen molar-refractivity contribution in [1.29, 1.82) is 0 Å². The summed E-state index contributed by atoms with van der Waals surface area (Å²) < 4.78 is 0. The summed E-state index contributed by atoms with van der Waals surface area (Å²) in [4.78, 5) is 19.6. The molecule has 0 saturated heterocycles. The summed E-state index contributed by atoms with van der Waals surface area (Å²) in [6.45, 7) is 4.21. The quantitative estimate of drug-likeness (QED) is 0.689. The van der Waals surface area contributed by atoms with Gasteiger partial charge in [-0.1, -0.05) is 13.8 Å². The van der Waals surface area contributed by atoms with Crippen LogP contribution in [0.1, 0.15) is 42.0 Å². The van der Waals surface area contributed by atoms with Gasteiger partial charge in [0.1, 0.15) is 18.0 Å². The number of aromatic amines is 2. The largest absolute Gasteiger partial charge is 0.342 e. The third kappa shape index (κ3) is 2.65. The normalized spacial score (nSPS) is 10.8. The van der Waals surface area contributed by atoms with Crippen molar-refractivity contribution in [3.8, 4) is 0 Å². The highest BCUT2D eigenvalue weighted by Gasteiger charge is 2.13. The number of aromatic nitrogens is 6. The van der Waals surface area contributed by atoms with E-state index >= 15 is 0 Å². The number of nitrogens with zero attached hydrogens (tertiary/aromatic N) is 4. The molecule has 0 bridgehead atoms. The minimum atomic E-state index is -0.343. The van der Waals surface area contributed by atoms with Crippen molar-refractivity contribution in [2.45, 2.75) is 26.3 Å². The zero-order chi connectivity index (χ0) is 12.3. The second kappa shape index (κ2) is 4.73. The summed E-state index contributed by atoms with van der Waals surface area (Å²) >= 11 is 0. The lowest BCUT2D eigenvalue weighted by Crippen LogP contribution is -2.24. The van der Waals surface area contributed by atoms with Gasteiger partial charge in [-0.15, -0.1) is 5.10 Å². The molecule has 8 nitrogen and oxygen atoms in total. The second-order valence-electron chi connectivity index (χ2n) is 3.81. The van der Waals surface area contributed by atoms with Gasteiger partial charge in [-0.2, -0.15) is 5.10 Å². The number of carbonyl (C=O) groups is 1. The molecule has 17 heavy (non-hydrogen) atoms. The Morgan fingerprint density at radius 1 is 1.47 bits per heavy atom. The zero-order valence-electron chi connectivity index (χ0n) is 9.56. The van der Waals surface area contributed by atoms with Crippen molar-refractivity contribution in [2.24, 2.45) is 0 Å². The fourth-order valence-corrected chi connectivity index (χ4v) is 1.19. The van der Waals surface area contributed by atoms with Crippen molar-refractivity contribution in [3.63, 3.8) is 0 Å². The fourth-order valence-electron chi connectivity index (χ4n) is 1.19. The van der Waals surface area contributed by atoms with E-state index < -0.39 is 0 Å². The maximum Gasteiger partial charge on any atom is 0.291 e. The van der Waals surface area contributed by atoms with Crippen LogP contribution in [0.2, 0.25) is 0 Å². The van der Waals surface area contributed by atoms with Crippen molar-refractivity contribution in [2.75, 3.05) is 0 Å².